The van der Waals surface area contributed by atoms with Gasteiger partial charge in [-0.3, -0.25) is 0 Å². The Morgan fingerprint density at radius 1 is 1.14 bits per heavy atom. The van der Waals surface area contributed by atoms with Crippen LogP contribution in [0.2, 0.25) is 0 Å². The van der Waals surface area contributed by atoms with E-state index in [1.807, 2.05) is 41.5 Å². The molecule has 0 spiro atoms. The topological polar surface area (TPSA) is 27.7 Å². The van der Waals surface area contributed by atoms with Crippen LogP contribution in [0, 0.1) is 6.10 Å². The van der Waals surface area contributed by atoms with Gasteiger partial charge in [0.2, 0.25) is 6.29 Å². The zero-order valence-electron chi connectivity index (χ0n) is 10.0. The second kappa shape index (κ2) is 5.49. The van der Waals surface area contributed by atoms with Crippen LogP contribution in [-0.4, -0.2) is 11.9 Å². The third-order valence-electron chi connectivity index (χ3n) is 1.13. The molecule has 0 aliphatic carbocycles. The molecule has 0 saturated carbocycles. The predicted octanol–water partition coefficient (Wildman–Crippen LogP) is 3.22. The molecule has 0 fully saturated rings. The largest absolute Gasteiger partial charge is 0.337 e. The first-order valence-corrected chi connectivity index (χ1v) is 4.69. The Labute approximate surface area is 87.0 Å². The maximum absolute atomic E-state index is 5.38. The summed E-state index contributed by atoms with van der Waals surface area (Å²) in [6, 6.07) is 0. The molecule has 0 aliphatic rings. The van der Waals surface area contributed by atoms with Gasteiger partial charge >= 0.3 is 0 Å². The second-order valence-corrected chi connectivity index (χ2v) is 4.50. The summed E-state index contributed by atoms with van der Waals surface area (Å²) in [6.07, 6.45) is 0.287. The van der Waals surface area contributed by atoms with Gasteiger partial charge in [0.25, 0.3) is 0 Å². The van der Waals surface area contributed by atoms with E-state index in [9.17, 15) is 0 Å². The lowest BCUT2D eigenvalue weighted by Crippen LogP contribution is -2.26. The minimum atomic E-state index is -0.528. The lowest BCUT2D eigenvalue weighted by atomic mass is 10.2. The Hall–Kier alpha value is -0.380. The van der Waals surface area contributed by atoms with Crippen molar-refractivity contribution in [3.05, 3.63) is 18.3 Å². The zero-order chi connectivity index (χ0) is 11.4. The van der Waals surface area contributed by atoms with Crippen LogP contribution in [0.3, 0.4) is 0 Å². The number of hydrogen-bond acceptors (Lipinski definition) is 3. The van der Waals surface area contributed by atoms with E-state index in [1.54, 1.807) is 0 Å². The molecule has 0 heterocycles. The van der Waals surface area contributed by atoms with Crippen molar-refractivity contribution in [3.63, 3.8) is 0 Å². The van der Waals surface area contributed by atoms with Gasteiger partial charge in [-0.1, -0.05) is 6.58 Å². The first kappa shape index (κ1) is 13.6. The summed E-state index contributed by atoms with van der Waals surface area (Å²) in [5.74, 6) is 0. The average molecular weight is 201 g/mol. The van der Waals surface area contributed by atoms with Crippen LogP contribution in [0.4, 0.5) is 0 Å². The van der Waals surface area contributed by atoms with E-state index in [0.717, 1.165) is 11.7 Å². The second-order valence-electron chi connectivity index (χ2n) is 4.50. The molecule has 1 atom stereocenters. The SMILES string of the molecule is C=C(C)C(OOC(C)(C)C)O[C](C)C. The van der Waals surface area contributed by atoms with E-state index in [0.29, 0.717) is 0 Å². The summed E-state index contributed by atoms with van der Waals surface area (Å²) in [6.45, 7) is 15.0. The van der Waals surface area contributed by atoms with Gasteiger partial charge in [0.05, 0.1) is 11.7 Å². The number of rotatable bonds is 5. The maximum Gasteiger partial charge on any atom is 0.213 e. The standard InChI is InChI=1S/C11H21O3/c1-8(2)10(12-9(3)4)13-14-11(5,6)7/h10H,1H2,2-7H3. The van der Waals surface area contributed by atoms with E-state index in [4.69, 9.17) is 14.5 Å². The molecule has 3 heteroatoms. The molecule has 0 aromatic heterocycles. The molecule has 0 aromatic rings. The molecule has 0 rings (SSSR count). The van der Waals surface area contributed by atoms with Crippen molar-refractivity contribution in [2.75, 3.05) is 0 Å². The van der Waals surface area contributed by atoms with Gasteiger partial charge in [-0.25, -0.2) is 4.89 Å². The van der Waals surface area contributed by atoms with Crippen molar-refractivity contribution >= 4 is 0 Å². The van der Waals surface area contributed by atoms with Gasteiger partial charge in [0, 0.05) is 0 Å². The summed E-state index contributed by atoms with van der Waals surface area (Å²) in [5, 5.41) is 0. The lowest BCUT2D eigenvalue weighted by Gasteiger charge is -2.24. The van der Waals surface area contributed by atoms with Gasteiger partial charge < -0.3 is 4.74 Å². The van der Waals surface area contributed by atoms with Crippen LogP contribution < -0.4 is 0 Å². The summed E-state index contributed by atoms with van der Waals surface area (Å²) >= 11 is 0. The Bertz CT molecular complexity index is 179. The molecule has 1 unspecified atom stereocenters. The molecule has 1 radical (unpaired) electrons. The zero-order valence-corrected chi connectivity index (χ0v) is 10.0. The van der Waals surface area contributed by atoms with Crippen LogP contribution in [0.25, 0.3) is 0 Å². The molecule has 0 aromatic carbocycles. The lowest BCUT2D eigenvalue weighted by molar-refractivity contribution is -0.405. The predicted molar refractivity (Wildman–Crippen MR) is 56.2 cm³/mol. The minimum absolute atomic E-state index is 0.349. The smallest absolute Gasteiger partial charge is 0.213 e. The van der Waals surface area contributed by atoms with Crippen molar-refractivity contribution in [1.29, 1.82) is 0 Å². The molecule has 0 amide bonds. The first-order valence-electron chi connectivity index (χ1n) is 4.69. The first-order chi connectivity index (χ1) is 6.22. The molecular weight excluding hydrogens is 180 g/mol. The molecule has 83 valence electrons. The number of ether oxygens (including phenoxy) is 1. The molecule has 0 aliphatic heterocycles. The molecule has 0 bridgehead atoms. The quantitative estimate of drug-likeness (QED) is 0.296. The molecule has 0 saturated heterocycles. The van der Waals surface area contributed by atoms with Gasteiger partial charge in [0.1, 0.15) is 0 Å². The Morgan fingerprint density at radius 3 is 1.93 bits per heavy atom. The summed E-state index contributed by atoms with van der Waals surface area (Å²) in [4.78, 5) is 10.3. The molecular formula is C11H21O3. The summed E-state index contributed by atoms with van der Waals surface area (Å²) in [5.41, 5.74) is 0.425. The van der Waals surface area contributed by atoms with E-state index < -0.39 is 6.29 Å². The monoisotopic (exact) mass is 201 g/mol. The Kier molecular flexibility index (Phi) is 5.34. The van der Waals surface area contributed by atoms with Gasteiger partial charge in [-0.2, -0.15) is 4.89 Å². The van der Waals surface area contributed by atoms with Crippen LogP contribution in [0.15, 0.2) is 12.2 Å². The highest BCUT2D eigenvalue weighted by atomic mass is 17.2. The average Bonchev–Trinajstić information content (AvgIpc) is 1.94. The normalized spacial score (nSPS) is 14.5. The van der Waals surface area contributed by atoms with Gasteiger partial charge in [-0.05, 0) is 47.1 Å². The van der Waals surface area contributed by atoms with E-state index in [1.165, 1.54) is 0 Å². The van der Waals surface area contributed by atoms with Crippen LogP contribution in [0.1, 0.15) is 41.5 Å². The van der Waals surface area contributed by atoms with Crippen molar-refractivity contribution in [2.45, 2.75) is 53.4 Å². The Balaban J connectivity index is 4.05. The molecule has 0 N–H and O–H groups in total. The van der Waals surface area contributed by atoms with E-state index in [-0.39, 0.29) is 5.60 Å². The highest BCUT2D eigenvalue weighted by molar-refractivity contribution is 4.93. The third kappa shape index (κ3) is 7.06. The van der Waals surface area contributed by atoms with Crippen LogP contribution >= 0.6 is 0 Å². The minimum Gasteiger partial charge on any atom is -0.337 e. The highest BCUT2D eigenvalue weighted by Crippen LogP contribution is 2.16. The molecule has 14 heavy (non-hydrogen) atoms. The Morgan fingerprint density at radius 2 is 1.64 bits per heavy atom. The van der Waals surface area contributed by atoms with Crippen molar-refractivity contribution < 1.29 is 14.5 Å². The highest BCUT2D eigenvalue weighted by Gasteiger charge is 2.19. The van der Waals surface area contributed by atoms with Gasteiger partial charge in [0.15, 0.2) is 0 Å². The van der Waals surface area contributed by atoms with E-state index in [2.05, 4.69) is 6.58 Å². The fourth-order valence-electron chi connectivity index (χ4n) is 0.604. The van der Waals surface area contributed by atoms with Crippen molar-refractivity contribution in [2.24, 2.45) is 0 Å². The van der Waals surface area contributed by atoms with Crippen molar-refractivity contribution in [1.82, 2.24) is 0 Å². The van der Waals surface area contributed by atoms with Crippen LogP contribution in [0.5, 0.6) is 0 Å². The maximum atomic E-state index is 5.38. The fraction of sp³-hybridized carbons (Fsp3) is 0.727. The number of hydrogen-bond donors (Lipinski definition) is 0. The fourth-order valence-corrected chi connectivity index (χ4v) is 0.604. The van der Waals surface area contributed by atoms with Crippen molar-refractivity contribution in [3.8, 4) is 0 Å². The van der Waals surface area contributed by atoms with Gasteiger partial charge in [-0.15, -0.1) is 0 Å². The third-order valence-corrected chi connectivity index (χ3v) is 1.13. The summed E-state index contributed by atoms with van der Waals surface area (Å²) in [7, 11) is 0. The van der Waals surface area contributed by atoms with Crippen LogP contribution in [-0.2, 0) is 14.5 Å². The summed E-state index contributed by atoms with van der Waals surface area (Å²) < 4.78 is 5.38. The van der Waals surface area contributed by atoms with E-state index >= 15 is 0 Å². The molecule has 3 nitrogen and oxygen atoms in total.